The Bertz CT molecular complexity index is 583. The molecule has 0 saturated heterocycles. The Hall–Kier alpha value is -1.97. The Kier molecular flexibility index (Phi) is 4.48. The van der Waals surface area contributed by atoms with Crippen molar-refractivity contribution in [1.29, 1.82) is 0 Å². The van der Waals surface area contributed by atoms with Crippen LogP contribution in [-0.4, -0.2) is 34.4 Å². The summed E-state index contributed by atoms with van der Waals surface area (Å²) in [5, 5.41) is 0. The molecule has 0 N–H and O–H groups in total. The van der Waals surface area contributed by atoms with Crippen LogP contribution in [0, 0.1) is 0 Å². The van der Waals surface area contributed by atoms with E-state index in [0.717, 1.165) is 26.4 Å². The predicted octanol–water partition coefficient (Wildman–Crippen LogP) is 1.74. The molecule has 0 aliphatic carbocycles. The number of carbonyl (C=O) groups is 1. The zero-order valence-electron chi connectivity index (χ0n) is 10.2. The highest BCUT2D eigenvalue weighted by Crippen LogP contribution is 2.35. The van der Waals surface area contributed by atoms with Crippen molar-refractivity contribution in [2.45, 2.75) is 5.51 Å². The fourth-order valence-corrected chi connectivity index (χ4v) is 1.70. The summed E-state index contributed by atoms with van der Waals surface area (Å²) in [5.41, 5.74) is -5.66. The van der Waals surface area contributed by atoms with Crippen molar-refractivity contribution in [3.63, 3.8) is 0 Å². The van der Waals surface area contributed by atoms with Crippen LogP contribution in [0.5, 0.6) is 17.2 Å². The minimum atomic E-state index is -5.82. The molecule has 1 rings (SSSR count). The number of ether oxygens (including phenoxy) is 2. The van der Waals surface area contributed by atoms with Gasteiger partial charge in [-0.1, -0.05) is 0 Å². The maximum Gasteiger partial charge on any atom is 0.534 e. The van der Waals surface area contributed by atoms with Crippen molar-refractivity contribution in [2.75, 3.05) is 14.2 Å². The van der Waals surface area contributed by atoms with Crippen LogP contribution in [-0.2, 0) is 10.1 Å². The molecule has 0 unspecified atom stereocenters. The number of benzene rings is 1. The third-order valence-corrected chi connectivity index (χ3v) is 3.10. The topological polar surface area (TPSA) is 78.9 Å². The van der Waals surface area contributed by atoms with Gasteiger partial charge < -0.3 is 13.7 Å². The first-order valence-electron chi connectivity index (χ1n) is 4.88. The highest BCUT2D eigenvalue weighted by molar-refractivity contribution is 7.88. The summed E-state index contributed by atoms with van der Waals surface area (Å²) >= 11 is 0. The number of hydrogen-bond acceptors (Lipinski definition) is 6. The Morgan fingerprint density at radius 3 is 1.85 bits per heavy atom. The van der Waals surface area contributed by atoms with Crippen molar-refractivity contribution in [3.8, 4) is 17.2 Å². The predicted molar refractivity (Wildman–Crippen MR) is 60.5 cm³/mol. The maximum atomic E-state index is 12.2. The lowest BCUT2D eigenvalue weighted by Gasteiger charge is -2.13. The fraction of sp³-hybridized carbons (Fsp3) is 0.300. The zero-order valence-corrected chi connectivity index (χ0v) is 11.0. The number of halogens is 3. The second-order valence-electron chi connectivity index (χ2n) is 3.34. The lowest BCUT2D eigenvalue weighted by atomic mass is 10.2. The van der Waals surface area contributed by atoms with Gasteiger partial charge in [-0.05, 0) is 0 Å². The van der Waals surface area contributed by atoms with Crippen LogP contribution in [0.1, 0.15) is 10.4 Å². The Balaban J connectivity index is 3.32. The molecular weight excluding hydrogens is 305 g/mol. The molecule has 20 heavy (non-hydrogen) atoms. The van der Waals surface area contributed by atoms with Gasteiger partial charge in [0.1, 0.15) is 17.2 Å². The van der Waals surface area contributed by atoms with E-state index in [4.69, 9.17) is 9.47 Å². The average molecular weight is 314 g/mol. The molecule has 112 valence electrons. The highest BCUT2D eigenvalue weighted by atomic mass is 32.2. The second-order valence-corrected chi connectivity index (χ2v) is 4.88. The molecule has 0 aromatic heterocycles. The van der Waals surface area contributed by atoms with Crippen molar-refractivity contribution in [1.82, 2.24) is 0 Å². The van der Waals surface area contributed by atoms with Gasteiger partial charge in [0.2, 0.25) is 0 Å². The number of rotatable bonds is 5. The van der Waals surface area contributed by atoms with E-state index in [1.807, 2.05) is 0 Å². The van der Waals surface area contributed by atoms with Crippen molar-refractivity contribution in [2.24, 2.45) is 0 Å². The molecule has 0 aliphatic heterocycles. The average Bonchev–Trinajstić information content (AvgIpc) is 2.35. The highest BCUT2D eigenvalue weighted by Gasteiger charge is 2.48. The van der Waals surface area contributed by atoms with Crippen LogP contribution in [0.4, 0.5) is 13.2 Å². The number of carbonyl (C=O) groups excluding carboxylic acids is 1. The summed E-state index contributed by atoms with van der Waals surface area (Å²) < 4.78 is 71.8. The first-order valence-corrected chi connectivity index (χ1v) is 6.29. The van der Waals surface area contributed by atoms with Gasteiger partial charge in [-0.2, -0.15) is 21.6 Å². The molecular formula is C10H9F3O6S. The van der Waals surface area contributed by atoms with Crippen molar-refractivity contribution < 1.29 is 40.0 Å². The summed E-state index contributed by atoms with van der Waals surface area (Å²) in [4.78, 5) is 10.8. The van der Waals surface area contributed by atoms with E-state index in [1.54, 1.807) is 0 Å². The van der Waals surface area contributed by atoms with E-state index < -0.39 is 21.4 Å². The van der Waals surface area contributed by atoms with E-state index in [9.17, 15) is 26.4 Å². The van der Waals surface area contributed by atoms with Gasteiger partial charge in [-0.3, -0.25) is 4.79 Å². The van der Waals surface area contributed by atoms with Crippen LogP contribution in [0.25, 0.3) is 0 Å². The SMILES string of the molecule is COc1cc(OS(=O)(=O)C(F)(F)F)cc(OC)c1C=O. The van der Waals surface area contributed by atoms with Gasteiger partial charge in [0, 0.05) is 12.1 Å². The Labute approximate surface area is 112 Å². The number of aldehydes is 1. The largest absolute Gasteiger partial charge is 0.534 e. The van der Waals surface area contributed by atoms with Crippen LogP contribution in [0.2, 0.25) is 0 Å². The van der Waals surface area contributed by atoms with Gasteiger partial charge in [-0.25, -0.2) is 0 Å². The molecule has 0 bridgehead atoms. The minimum absolute atomic E-state index is 0.0910. The molecule has 0 aliphatic rings. The molecule has 0 atom stereocenters. The van der Waals surface area contributed by atoms with Gasteiger partial charge >= 0.3 is 15.6 Å². The lowest BCUT2D eigenvalue weighted by Crippen LogP contribution is -2.28. The lowest BCUT2D eigenvalue weighted by molar-refractivity contribution is -0.0500. The molecule has 0 fully saturated rings. The van der Waals surface area contributed by atoms with E-state index >= 15 is 0 Å². The normalized spacial score (nSPS) is 11.8. The first-order chi connectivity index (χ1) is 9.16. The summed E-state index contributed by atoms with van der Waals surface area (Å²) in [6.07, 6.45) is 0.347. The standard InChI is InChI=1S/C10H9F3O6S/c1-17-8-3-6(4-9(18-2)7(8)5-14)19-20(15,16)10(11,12)13/h3-5H,1-2H3. The number of alkyl halides is 3. The Morgan fingerprint density at radius 1 is 1.10 bits per heavy atom. The number of methoxy groups -OCH3 is 2. The molecule has 10 heteroatoms. The maximum absolute atomic E-state index is 12.2. The van der Waals surface area contributed by atoms with Crippen molar-refractivity contribution >= 4 is 16.4 Å². The van der Waals surface area contributed by atoms with Crippen LogP contribution < -0.4 is 13.7 Å². The molecule has 0 heterocycles. The molecule has 0 radical (unpaired) electrons. The third-order valence-electron chi connectivity index (χ3n) is 2.12. The third kappa shape index (κ3) is 3.13. The summed E-state index contributed by atoms with van der Waals surface area (Å²) in [6, 6.07) is 1.66. The van der Waals surface area contributed by atoms with E-state index in [0.29, 0.717) is 6.29 Å². The van der Waals surface area contributed by atoms with Crippen molar-refractivity contribution in [3.05, 3.63) is 17.7 Å². The molecule has 1 aromatic carbocycles. The summed E-state index contributed by atoms with van der Waals surface area (Å²) in [7, 11) is -3.53. The number of hydrogen-bond donors (Lipinski definition) is 0. The molecule has 6 nitrogen and oxygen atoms in total. The molecule has 0 amide bonds. The molecule has 1 aromatic rings. The van der Waals surface area contributed by atoms with E-state index in [1.165, 1.54) is 0 Å². The van der Waals surface area contributed by atoms with Crippen LogP contribution in [0.3, 0.4) is 0 Å². The second kappa shape index (κ2) is 5.57. The van der Waals surface area contributed by atoms with Gasteiger partial charge in [-0.15, -0.1) is 0 Å². The Morgan fingerprint density at radius 2 is 1.55 bits per heavy atom. The van der Waals surface area contributed by atoms with Crippen LogP contribution in [0.15, 0.2) is 12.1 Å². The smallest absolute Gasteiger partial charge is 0.496 e. The van der Waals surface area contributed by atoms with E-state index in [-0.39, 0.29) is 17.1 Å². The minimum Gasteiger partial charge on any atom is -0.496 e. The quantitative estimate of drug-likeness (QED) is 0.468. The summed E-state index contributed by atoms with van der Waals surface area (Å²) in [6.45, 7) is 0. The molecule has 0 spiro atoms. The first kappa shape index (κ1) is 16.1. The molecule has 0 saturated carbocycles. The van der Waals surface area contributed by atoms with E-state index in [2.05, 4.69) is 4.18 Å². The van der Waals surface area contributed by atoms with Gasteiger partial charge in [0.25, 0.3) is 0 Å². The van der Waals surface area contributed by atoms with Gasteiger partial charge in [0.05, 0.1) is 19.8 Å². The zero-order chi connectivity index (χ0) is 15.6. The van der Waals surface area contributed by atoms with Gasteiger partial charge in [0.15, 0.2) is 6.29 Å². The summed E-state index contributed by atoms with van der Waals surface area (Å²) in [5.74, 6) is -1.07. The van der Waals surface area contributed by atoms with Crippen LogP contribution >= 0.6 is 0 Å². The fourth-order valence-electron chi connectivity index (χ4n) is 1.25. The monoisotopic (exact) mass is 314 g/mol.